The molecule has 1 aromatic carbocycles. The number of nitrogens with one attached hydrogen (secondary N) is 1. The van der Waals surface area contributed by atoms with Crippen molar-refractivity contribution in [3.05, 3.63) is 35.9 Å². The third kappa shape index (κ3) is 12.5. The van der Waals surface area contributed by atoms with Crippen molar-refractivity contribution in [1.82, 2.24) is 5.32 Å². The first-order valence-corrected chi connectivity index (χ1v) is 11.1. The van der Waals surface area contributed by atoms with Crippen LogP contribution in [0.25, 0.3) is 0 Å². The summed E-state index contributed by atoms with van der Waals surface area (Å²) in [6, 6.07) is 10.1. The maximum Gasteiger partial charge on any atom is 0.220 e. The molecule has 0 saturated carbocycles. The van der Waals surface area contributed by atoms with Crippen LogP contribution in [-0.4, -0.2) is 28.9 Å². The van der Waals surface area contributed by atoms with Gasteiger partial charge in [0.1, 0.15) is 0 Å². The summed E-state index contributed by atoms with van der Waals surface area (Å²) < 4.78 is 0. The lowest BCUT2D eigenvalue weighted by Gasteiger charge is -2.05. The van der Waals surface area contributed by atoms with Gasteiger partial charge in [-0.15, -0.1) is 0 Å². The molecule has 0 spiro atoms. The molecular formula is C19H31NOS2. The molecule has 130 valence electrons. The van der Waals surface area contributed by atoms with Crippen LogP contribution in [-0.2, 0) is 11.3 Å². The van der Waals surface area contributed by atoms with E-state index in [1.807, 2.05) is 53.9 Å². The Morgan fingerprint density at radius 3 is 2.26 bits per heavy atom. The van der Waals surface area contributed by atoms with Gasteiger partial charge in [0.25, 0.3) is 0 Å². The third-order valence-corrected chi connectivity index (χ3v) is 5.70. The van der Waals surface area contributed by atoms with Crippen molar-refractivity contribution in [1.29, 1.82) is 0 Å². The van der Waals surface area contributed by atoms with E-state index < -0.39 is 0 Å². The SMILES string of the molecule is CCSCCCCCSCCCCC(=O)NCc1ccccc1. The third-order valence-electron chi connectivity index (χ3n) is 3.56. The van der Waals surface area contributed by atoms with Gasteiger partial charge in [-0.25, -0.2) is 0 Å². The van der Waals surface area contributed by atoms with Crippen molar-refractivity contribution >= 4 is 29.4 Å². The topological polar surface area (TPSA) is 29.1 Å². The molecule has 1 amide bonds. The van der Waals surface area contributed by atoms with Gasteiger partial charge in [-0.1, -0.05) is 43.7 Å². The van der Waals surface area contributed by atoms with Gasteiger partial charge in [0.15, 0.2) is 0 Å². The van der Waals surface area contributed by atoms with Crippen LogP contribution in [0.4, 0.5) is 0 Å². The van der Waals surface area contributed by atoms with Gasteiger partial charge in [0.05, 0.1) is 0 Å². The zero-order chi connectivity index (χ0) is 16.6. The summed E-state index contributed by atoms with van der Waals surface area (Å²) in [7, 11) is 0. The van der Waals surface area contributed by atoms with Gasteiger partial charge in [-0.3, -0.25) is 4.79 Å². The number of hydrogen-bond donors (Lipinski definition) is 1. The maximum atomic E-state index is 11.8. The van der Waals surface area contributed by atoms with Crippen molar-refractivity contribution in [3.63, 3.8) is 0 Å². The Kier molecular flexibility index (Phi) is 13.3. The maximum absolute atomic E-state index is 11.8. The van der Waals surface area contributed by atoms with Gasteiger partial charge in [0, 0.05) is 13.0 Å². The van der Waals surface area contributed by atoms with Crippen molar-refractivity contribution in [3.8, 4) is 0 Å². The minimum absolute atomic E-state index is 0.173. The Labute approximate surface area is 150 Å². The first-order valence-electron chi connectivity index (χ1n) is 8.79. The highest BCUT2D eigenvalue weighted by Gasteiger charge is 2.01. The highest BCUT2D eigenvalue weighted by atomic mass is 32.2. The van der Waals surface area contributed by atoms with Crippen molar-refractivity contribution in [2.45, 2.75) is 52.0 Å². The summed E-state index contributed by atoms with van der Waals surface area (Å²) in [4.78, 5) is 11.8. The molecule has 0 radical (unpaired) electrons. The molecule has 0 bridgehead atoms. The summed E-state index contributed by atoms with van der Waals surface area (Å²) in [6.07, 6.45) is 6.87. The Morgan fingerprint density at radius 1 is 0.913 bits per heavy atom. The summed E-state index contributed by atoms with van der Waals surface area (Å²) in [6.45, 7) is 2.87. The molecule has 0 aliphatic heterocycles. The quantitative estimate of drug-likeness (QED) is 0.470. The molecule has 0 fully saturated rings. The van der Waals surface area contributed by atoms with Crippen molar-refractivity contribution in [2.24, 2.45) is 0 Å². The lowest BCUT2D eigenvalue weighted by atomic mass is 10.2. The van der Waals surface area contributed by atoms with Crippen LogP contribution in [0.3, 0.4) is 0 Å². The van der Waals surface area contributed by atoms with Gasteiger partial charge in [-0.05, 0) is 54.3 Å². The van der Waals surface area contributed by atoms with Crippen LogP contribution >= 0.6 is 23.5 Å². The monoisotopic (exact) mass is 353 g/mol. The smallest absolute Gasteiger partial charge is 0.220 e. The second-order valence-electron chi connectivity index (χ2n) is 5.59. The van der Waals surface area contributed by atoms with E-state index in [4.69, 9.17) is 0 Å². The van der Waals surface area contributed by atoms with Crippen LogP contribution in [0.5, 0.6) is 0 Å². The average molecular weight is 354 g/mol. The second-order valence-corrected chi connectivity index (χ2v) is 8.21. The predicted molar refractivity (Wildman–Crippen MR) is 106 cm³/mol. The van der Waals surface area contributed by atoms with E-state index in [1.165, 1.54) is 42.3 Å². The fourth-order valence-corrected chi connectivity index (χ4v) is 3.92. The van der Waals surface area contributed by atoms with Gasteiger partial charge in [0.2, 0.25) is 5.91 Å². The molecule has 1 rings (SSSR count). The number of amides is 1. The Bertz CT molecular complexity index is 398. The Balaban J connectivity index is 1.84. The molecule has 2 nitrogen and oxygen atoms in total. The summed E-state index contributed by atoms with van der Waals surface area (Å²) >= 11 is 4.08. The molecule has 0 unspecified atom stereocenters. The fourth-order valence-electron chi connectivity index (χ4n) is 2.21. The molecule has 0 saturated heterocycles. The van der Waals surface area contributed by atoms with E-state index in [9.17, 15) is 4.79 Å². The molecule has 1 aromatic rings. The van der Waals surface area contributed by atoms with Crippen LogP contribution in [0.2, 0.25) is 0 Å². The van der Waals surface area contributed by atoms with Crippen LogP contribution in [0.1, 0.15) is 51.0 Å². The zero-order valence-electron chi connectivity index (χ0n) is 14.4. The van der Waals surface area contributed by atoms with E-state index in [0.717, 1.165) is 18.4 Å². The lowest BCUT2D eigenvalue weighted by molar-refractivity contribution is -0.121. The van der Waals surface area contributed by atoms with Crippen LogP contribution < -0.4 is 5.32 Å². The minimum atomic E-state index is 0.173. The Morgan fingerprint density at radius 2 is 1.57 bits per heavy atom. The van der Waals surface area contributed by atoms with Gasteiger partial charge in [-0.2, -0.15) is 23.5 Å². The molecule has 1 N–H and O–H groups in total. The van der Waals surface area contributed by atoms with Crippen molar-refractivity contribution < 1.29 is 4.79 Å². The Hall–Kier alpha value is -0.610. The molecule has 0 atom stereocenters. The standard InChI is InChI=1S/C19H31NOS2/c1-2-22-14-8-4-9-15-23-16-10-7-13-19(21)20-17-18-11-5-3-6-12-18/h3,5-6,11-12H,2,4,7-10,13-17H2,1H3,(H,20,21). The zero-order valence-corrected chi connectivity index (χ0v) is 16.0. The molecule has 0 aromatic heterocycles. The van der Waals surface area contributed by atoms with Gasteiger partial charge < -0.3 is 5.32 Å². The lowest BCUT2D eigenvalue weighted by Crippen LogP contribution is -2.22. The summed E-state index contributed by atoms with van der Waals surface area (Å²) in [5, 5.41) is 2.99. The molecule has 0 heterocycles. The number of thioether (sulfide) groups is 2. The van der Waals surface area contributed by atoms with Gasteiger partial charge >= 0.3 is 0 Å². The van der Waals surface area contributed by atoms with Crippen LogP contribution in [0, 0.1) is 0 Å². The minimum Gasteiger partial charge on any atom is -0.352 e. The number of hydrogen-bond acceptors (Lipinski definition) is 3. The first-order chi connectivity index (χ1) is 11.3. The summed E-state index contributed by atoms with van der Waals surface area (Å²) in [5.41, 5.74) is 1.16. The van der Waals surface area contributed by atoms with E-state index in [0.29, 0.717) is 13.0 Å². The average Bonchev–Trinajstić information content (AvgIpc) is 2.59. The molecular weight excluding hydrogens is 322 g/mol. The first kappa shape index (κ1) is 20.4. The second kappa shape index (κ2) is 14.9. The normalized spacial score (nSPS) is 10.7. The highest BCUT2D eigenvalue weighted by molar-refractivity contribution is 7.99. The van der Waals surface area contributed by atoms with E-state index in [2.05, 4.69) is 12.2 Å². The number of rotatable bonds is 14. The van der Waals surface area contributed by atoms with E-state index >= 15 is 0 Å². The van der Waals surface area contributed by atoms with Crippen LogP contribution in [0.15, 0.2) is 30.3 Å². The largest absolute Gasteiger partial charge is 0.352 e. The molecule has 0 aliphatic carbocycles. The highest BCUT2D eigenvalue weighted by Crippen LogP contribution is 2.11. The molecule has 23 heavy (non-hydrogen) atoms. The molecule has 4 heteroatoms. The summed E-state index contributed by atoms with van der Waals surface area (Å²) in [5.74, 6) is 5.20. The number of benzene rings is 1. The van der Waals surface area contributed by atoms with E-state index in [1.54, 1.807) is 0 Å². The predicted octanol–water partition coefficient (Wildman–Crippen LogP) is 5.13. The number of carbonyl (C=O) groups excluding carboxylic acids is 1. The fraction of sp³-hybridized carbons (Fsp3) is 0.632. The van der Waals surface area contributed by atoms with Crippen molar-refractivity contribution in [2.75, 3.05) is 23.0 Å². The number of carbonyl (C=O) groups is 1. The number of unbranched alkanes of at least 4 members (excludes halogenated alkanes) is 3. The van der Waals surface area contributed by atoms with E-state index in [-0.39, 0.29) is 5.91 Å². The molecule has 0 aliphatic rings.